The number of hydrogen-bond acceptors (Lipinski definition) is 9. The number of carbonyl (C=O) groups is 3. The van der Waals surface area contributed by atoms with Crippen LogP contribution in [0, 0.1) is 11.3 Å². The first kappa shape index (κ1) is 30.5. The number of amides is 3. The largest absolute Gasteiger partial charge is 0.487 e. The average Bonchev–Trinajstić information content (AvgIpc) is 3.32. The number of hydrogen-bond donors (Lipinski definition) is 1. The summed E-state index contributed by atoms with van der Waals surface area (Å²) in [4.78, 5) is 49.5. The number of anilines is 2. The third kappa shape index (κ3) is 6.91. The normalized spacial score (nSPS) is 16.8. The second kappa shape index (κ2) is 14.3. The van der Waals surface area contributed by atoms with Crippen molar-refractivity contribution in [2.45, 2.75) is 58.8 Å². The van der Waals surface area contributed by atoms with Crippen LogP contribution in [0.5, 0.6) is 5.75 Å². The molecular formula is C28H36N6O6. The van der Waals surface area contributed by atoms with Gasteiger partial charge >= 0.3 is 6.03 Å². The van der Waals surface area contributed by atoms with Gasteiger partial charge in [0.05, 0.1) is 12.8 Å². The summed E-state index contributed by atoms with van der Waals surface area (Å²) in [5.74, 6) is 0.756. The molecule has 0 spiro atoms. The molecule has 214 valence electrons. The van der Waals surface area contributed by atoms with Gasteiger partial charge in [-0.2, -0.15) is 5.26 Å². The van der Waals surface area contributed by atoms with Gasteiger partial charge in [0, 0.05) is 51.9 Å². The Labute approximate surface area is 234 Å². The maximum absolute atomic E-state index is 13.2. The first-order valence-electron chi connectivity index (χ1n) is 13.3. The summed E-state index contributed by atoms with van der Waals surface area (Å²) in [6.45, 7) is 7.31. The van der Waals surface area contributed by atoms with Gasteiger partial charge in [0.25, 0.3) is 5.91 Å². The average molecular weight is 553 g/mol. The number of aromatic nitrogens is 2. The van der Waals surface area contributed by atoms with Crippen LogP contribution in [0.15, 0.2) is 18.3 Å². The molecule has 12 nitrogen and oxygen atoms in total. The van der Waals surface area contributed by atoms with E-state index in [0.29, 0.717) is 56.6 Å². The van der Waals surface area contributed by atoms with E-state index in [1.807, 2.05) is 26.0 Å². The Kier molecular flexibility index (Phi) is 10.9. The molecule has 2 aromatic rings. The maximum Gasteiger partial charge on any atom is 0.328 e. The van der Waals surface area contributed by atoms with E-state index in [9.17, 15) is 19.6 Å². The van der Waals surface area contributed by atoms with Crippen LogP contribution in [0.4, 0.5) is 16.4 Å². The lowest BCUT2D eigenvalue weighted by Crippen LogP contribution is -2.40. The number of nitrogens with zero attached hydrogens (tertiary/aromatic N) is 5. The van der Waals surface area contributed by atoms with Crippen LogP contribution in [0.1, 0.15) is 60.8 Å². The van der Waals surface area contributed by atoms with E-state index in [2.05, 4.69) is 15.3 Å². The van der Waals surface area contributed by atoms with Gasteiger partial charge in [-0.15, -0.1) is 0 Å². The maximum atomic E-state index is 13.2. The first-order valence-corrected chi connectivity index (χ1v) is 13.3. The molecule has 12 heteroatoms. The molecule has 2 unspecified atom stereocenters. The molecule has 0 radical (unpaired) electrons. The molecule has 2 aliphatic rings. The molecule has 2 aliphatic heterocycles. The lowest BCUT2D eigenvalue weighted by atomic mass is 10.0. The second-order valence-corrected chi connectivity index (χ2v) is 9.15. The molecule has 3 amide bonds. The molecule has 2 aromatic heterocycles. The Bertz CT molecular complexity index is 1260. The van der Waals surface area contributed by atoms with Gasteiger partial charge in [-0.1, -0.05) is 13.8 Å². The zero-order chi connectivity index (χ0) is 29.2. The van der Waals surface area contributed by atoms with Crippen LogP contribution in [0.2, 0.25) is 0 Å². The van der Waals surface area contributed by atoms with Crippen molar-refractivity contribution in [3.8, 4) is 11.8 Å². The third-order valence-corrected chi connectivity index (χ3v) is 6.48. The third-order valence-electron chi connectivity index (χ3n) is 6.48. The molecule has 0 aromatic carbocycles. The number of pyridine rings is 2. The molecule has 2 atom stereocenters. The van der Waals surface area contributed by atoms with Crippen molar-refractivity contribution in [2.24, 2.45) is 0 Å². The summed E-state index contributed by atoms with van der Waals surface area (Å²) in [5.41, 5.74) is 1.85. The molecule has 1 N–H and O–H groups in total. The fraction of sp³-hybridized carbons (Fsp3) is 0.500. The van der Waals surface area contributed by atoms with Crippen LogP contribution in [-0.2, 0) is 27.2 Å². The zero-order valence-electron chi connectivity index (χ0n) is 23.6. The minimum Gasteiger partial charge on any atom is -0.487 e. The molecule has 1 saturated heterocycles. The predicted molar refractivity (Wildman–Crippen MR) is 147 cm³/mol. The van der Waals surface area contributed by atoms with Crippen LogP contribution in [-0.4, -0.2) is 79.2 Å². The topological polar surface area (TPSA) is 147 Å². The Hall–Kier alpha value is -4.08. The standard InChI is InChI=1S/C26H30N6O6.C2H6/c1-16(15-36-2)38-22-10-23(28-12-19(22)11-27)30-26(35)32-7-4-5-17-9-18(20(14-33)29-24(17)32)13-31-8-6-21(37-3)25(31)34;1-2/h9-10,12,14,16,21H,4-8,13,15H2,1-3H3,(H,28,30,35);1-2H3. The Morgan fingerprint density at radius 3 is 2.73 bits per heavy atom. The number of rotatable bonds is 9. The molecule has 1 fully saturated rings. The summed E-state index contributed by atoms with van der Waals surface area (Å²) in [5, 5.41) is 12.1. The van der Waals surface area contributed by atoms with Crippen molar-refractivity contribution >= 4 is 29.9 Å². The van der Waals surface area contributed by atoms with Crippen LogP contribution in [0.25, 0.3) is 0 Å². The highest BCUT2D eigenvalue weighted by atomic mass is 16.5. The number of ether oxygens (including phenoxy) is 3. The van der Waals surface area contributed by atoms with E-state index in [1.54, 1.807) is 18.9 Å². The fourth-order valence-corrected chi connectivity index (χ4v) is 4.63. The quantitative estimate of drug-likeness (QED) is 0.463. The molecule has 4 rings (SSSR count). The van der Waals surface area contributed by atoms with Crippen molar-refractivity contribution in [2.75, 3.05) is 44.1 Å². The first-order chi connectivity index (χ1) is 19.4. The summed E-state index contributed by atoms with van der Waals surface area (Å²) in [6.07, 6.45) is 3.16. The second-order valence-electron chi connectivity index (χ2n) is 9.15. The van der Waals surface area contributed by atoms with E-state index in [4.69, 9.17) is 14.2 Å². The van der Waals surface area contributed by atoms with Crippen molar-refractivity contribution < 1.29 is 28.6 Å². The highest BCUT2D eigenvalue weighted by molar-refractivity contribution is 6.01. The number of fused-ring (bicyclic) bond motifs is 1. The lowest BCUT2D eigenvalue weighted by Gasteiger charge is -2.29. The summed E-state index contributed by atoms with van der Waals surface area (Å²) in [6, 6.07) is 4.88. The molecule has 40 heavy (non-hydrogen) atoms. The minimum atomic E-state index is -0.478. The summed E-state index contributed by atoms with van der Waals surface area (Å²) < 4.78 is 16.1. The van der Waals surface area contributed by atoms with Crippen molar-refractivity contribution in [1.29, 1.82) is 5.26 Å². The van der Waals surface area contributed by atoms with Crippen molar-refractivity contribution in [1.82, 2.24) is 14.9 Å². The van der Waals surface area contributed by atoms with Gasteiger partial charge in [-0.25, -0.2) is 14.8 Å². The van der Waals surface area contributed by atoms with E-state index < -0.39 is 12.1 Å². The number of aldehydes is 1. The van der Waals surface area contributed by atoms with Gasteiger partial charge in [-0.05, 0) is 31.4 Å². The predicted octanol–water partition coefficient (Wildman–Crippen LogP) is 3.33. The number of nitriles is 1. The SMILES string of the molecule is CC.COCC(C)Oc1cc(NC(=O)N2CCCc3cc(CN4CCC(OC)C4=O)c(C=O)nc32)ncc1C#N. The summed E-state index contributed by atoms with van der Waals surface area (Å²) in [7, 11) is 3.06. The molecule has 0 saturated carbocycles. The number of likely N-dealkylation sites (tertiary alicyclic amines) is 1. The van der Waals surface area contributed by atoms with E-state index in [1.165, 1.54) is 24.3 Å². The van der Waals surface area contributed by atoms with Crippen LogP contribution < -0.4 is 15.0 Å². The molecular weight excluding hydrogens is 516 g/mol. The Balaban J connectivity index is 0.00000216. The highest BCUT2D eigenvalue weighted by Gasteiger charge is 2.33. The van der Waals surface area contributed by atoms with Gasteiger partial charge in [0.15, 0.2) is 6.29 Å². The summed E-state index contributed by atoms with van der Waals surface area (Å²) >= 11 is 0. The smallest absolute Gasteiger partial charge is 0.328 e. The molecule has 0 aliphatic carbocycles. The van der Waals surface area contributed by atoms with Gasteiger partial charge in [0.1, 0.15) is 46.9 Å². The zero-order valence-corrected chi connectivity index (χ0v) is 23.6. The number of methoxy groups -OCH3 is 2. The van der Waals surface area contributed by atoms with Crippen LogP contribution in [0.3, 0.4) is 0 Å². The number of urea groups is 1. The van der Waals surface area contributed by atoms with E-state index in [-0.39, 0.29) is 41.4 Å². The Morgan fingerprint density at radius 1 is 1.30 bits per heavy atom. The van der Waals surface area contributed by atoms with Gasteiger partial charge in [-0.3, -0.25) is 19.8 Å². The van der Waals surface area contributed by atoms with Crippen molar-refractivity contribution in [3.05, 3.63) is 40.7 Å². The van der Waals surface area contributed by atoms with E-state index >= 15 is 0 Å². The Morgan fingerprint density at radius 2 is 2.08 bits per heavy atom. The fourth-order valence-electron chi connectivity index (χ4n) is 4.63. The number of nitrogens with one attached hydrogen (secondary N) is 1. The van der Waals surface area contributed by atoms with E-state index in [0.717, 1.165) is 5.56 Å². The lowest BCUT2D eigenvalue weighted by molar-refractivity contribution is -0.136. The molecule has 4 heterocycles. The van der Waals surface area contributed by atoms with Crippen molar-refractivity contribution in [3.63, 3.8) is 0 Å². The monoisotopic (exact) mass is 552 g/mol. The minimum absolute atomic E-state index is 0.113. The number of carbonyl (C=O) groups excluding carboxylic acids is 3. The highest BCUT2D eigenvalue weighted by Crippen LogP contribution is 2.30. The van der Waals surface area contributed by atoms with Crippen LogP contribution >= 0.6 is 0 Å². The van der Waals surface area contributed by atoms with Gasteiger partial charge in [0.2, 0.25) is 0 Å². The van der Waals surface area contributed by atoms with Gasteiger partial charge < -0.3 is 19.1 Å². The molecule has 0 bridgehead atoms. The number of aryl methyl sites for hydroxylation is 1.